The zero-order chi connectivity index (χ0) is 42.9. The monoisotopic (exact) mass is 832 g/mol. The molecule has 59 heavy (non-hydrogen) atoms. The van der Waals surface area contributed by atoms with Crippen LogP contribution >= 0.6 is 0 Å². The summed E-state index contributed by atoms with van der Waals surface area (Å²) in [6, 6.07) is 8.88. The van der Waals surface area contributed by atoms with Gasteiger partial charge in [-0.2, -0.15) is 0 Å². The fourth-order valence-corrected chi connectivity index (χ4v) is 6.86. The van der Waals surface area contributed by atoms with Gasteiger partial charge in [0, 0.05) is 18.6 Å². The molecule has 3 heterocycles. The van der Waals surface area contributed by atoms with Crippen LogP contribution in [0.4, 0.5) is 0 Å². The number of aliphatic hydroxyl groups excluding tert-OH is 2. The maximum Gasteiger partial charge on any atom is 0.333 e. The SMILES string of the molecule is C/C=C(\C)C(=O)O[C@@H]1[C@@H](O)[C@@H]2O[C@H]3[C@H](O[C@@H](CCCCC)CCCCCOC(=O)CCC(=O)OC[C@@H](O2)[C@H]1OC(=O)/C=C/c1ccccc1)O[C@H](C)[C@H](OC(C)=O)[C@@H]3O. The fraction of sp³-hybridized carbons (Fsp3) is 0.651. The van der Waals surface area contributed by atoms with Gasteiger partial charge < -0.3 is 52.8 Å². The average Bonchev–Trinajstić information content (AvgIpc) is 3.21. The summed E-state index contributed by atoms with van der Waals surface area (Å²) in [6.45, 7) is 7.52. The number of cyclic esters (lactones) is 2. The molecule has 0 saturated carbocycles. The number of hydrogen-bond acceptors (Lipinski definition) is 16. The Kier molecular flexibility index (Phi) is 19.4. The van der Waals surface area contributed by atoms with Crippen LogP contribution in [-0.2, 0) is 66.6 Å². The fourth-order valence-electron chi connectivity index (χ4n) is 6.86. The van der Waals surface area contributed by atoms with E-state index in [1.165, 1.54) is 26.0 Å². The van der Waals surface area contributed by atoms with Crippen LogP contribution in [0, 0.1) is 0 Å². The van der Waals surface area contributed by atoms with Crippen LogP contribution in [-0.4, -0.2) is 121 Å². The molecule has 3 saturated heterocycles. The Morgan fingerprint density at radius 1 is 0.814 bits per heavy atom. The molecule has 2 N–H and O–H groups in total. The molecule has 0 aromatic heterocycles. The molecule has 0 amide bonds. The van der Waals surface area contributed by atoms with E-state index in [1.807, 2.05) is 6.07 Å². The Bertz CT molecular complexity index is 1580. The van der Waals surface area contributed by atoms with Crippen LogP contribution < -0.4 is 0 Å². The lowest BCUT2D eigenvalue weighted by Crippen LogP contribution is -2.65. The van der Waals surface area contributed by atoms with Crippen molar-refractivity contribution in [3.05, 3.63) is 53.6 Å². The molecule has 0 aliphatic carbocycles. The van der Waals surface area contributed by atoms with Crippen molar-refractivity contribution in [2.75, 3.05) is 13.2 Å². The predicted octanol–water partition coefficient (Wildman–Crippen LogP) is 4.40. The van der Waals surface area contributed by atoms with E-state index in [1.54, 1.807) is 38.1 Å². The quantitative estimate of drug-likeness (QED) is 0.145. The first-order valence-electron chi connectivity index (χ1n) is 20.5. The molecule has 3 aliphatic rings. The number of esters is 5. The molecule has 0 unspecified atom stereocenters. The summed E-state index contributed by atoms with van der Waals surface area (Å²) < 4.78 is 53.2. The predicted molar refractivity (Wildman–Crippen MR) is 209 cm³/mol. The van der Waals surface area contributed by atoms with Crippen LogP contribution in [0.1, 0.15) is 104 Å². The minimum Gasteiger partial charge on any atom is -0.466 e. The van der Waals surface area contributed by atoms with Gasteiger partial charge in [0.15, 0.2) is 30.9 Å². The van der Waals surface area contributed by atoms with Crippen molar-refractivity contribution in [1.29, 1.82) is 0 Å². The number of ether oxygens (including phenoxy) is 9. The molecule has 16 nitrogen and oxygen atoms in total. The standard InChI is InChI=1S/C43H60O16/c1-6-8-11-18-30-19-14-10-15-24-51-32(45)22-23-33(46)52-25-31-38(57-34(47)21-20-29-16-12-9-13-17-29)39(58-41(50)26(3)7-2)36(49)42(56-31)59-40-35(48)37(54-28(5)44)27(4)53-43(40)55-30/h7,9,12-13,16-17,20-21,27,30-31,35-40,42-43,48-49H,6,8,10-11,14-15,18-19,22-25H2,1-5H3/b21-20+,26-7+/t27-,30+,31-,35+,36-,37+,38-,39-,40-,42+,43+/m1/s1. The highest BCUT2D eigenvalue weighted by Crippen LogP contribution is 2.34. The van der Waals surface area contributed by atoms with Crippen molar-refractivity contribution in [2.45, 2.75) is 166 Å². The maximum absolute atomic E-state index is 13.3. The summed E-state index contributed by atoms with van der Waals surface area (Å²) in [5.74, 6) is -3.85. The van der Waals surface area contributed by atoms with Gasteiger partial charge >= 0.3 is 29.8 Å². The van der Waals surface area contributed by atoms with E-state index in [0.29, 0.717) is 37.7 Å². The van der Waals surface area contributed by atoms with E-state index in [2.05, 4.69) is 6.92 Å². The number of fused-ring (bicyclic) bond motifs is 3. The Morgan fingerprint density at radius 2 is 1.54 bits per heavy atom. The topological polar surface area (TPSA) is 209 Å². The first-order chi connectivity index (χ1) is 28.3. The minimum absolute atomic E-state index is 0.162. The van der Waals surface area contributed by atoms with Gasteiger partial charge in [0.25, 0.3) is 0 Å². The van der Waals surface area contributed by atoms with E-state index < -0.39 is 97.9 Å². The van der Waals surface area contributed by atoms with Crippen LogP contribution in [0.15, 0.2) is 48.1 Å². The third-order valence-corrected chi connectivity index (χ3v) is 10.3. The highest BCUT2D eigenvalue weighted by molar-refractivity contribution is 5.88. The van der Waals surface area contributed by atoms with Gasteiger partial charge in [-0.15, -0.1) is 0 Å². The molecule has 11 atom stereocenters. The number of carbonyl (C=O) groups is 5. The normalized spacial score (nSPS) is 31.8. The van der Waals surface area contributed by atoms with Crippen LogP contribution in [0.3, 0.4) is 0 Å². The summed E-state index contributed by atoms with van der Waals surface area (Å²) in [7, 11) is 0. The zero-order valence-electron chi connectivity index (χ0n) is 34.6. The number of benzene rings is 1. The van der Waals surface area contributed by atoms with Crippen molar-refractivity contribution >= 4 is 35.9 Å². The molecule has 4 rings (SSSR count). The Morgan fingerprint density at radius 3 is 2.24 bits per heavy atom. The van der Waals surface area contributed by atoms with Crippen LogP contribution in [0.25, 0.3) is 6.08 Å². The molecule has 328 valence electrons. The second-order valence-electron chi connectivity index (χ2n) is 14.9. The first kappa shape index (κ1) is 47.5. The minimum atomic E-state index is -1.89. The lowest BCUT2D eigenvalue weighted by molar-refractivity contribution is -0.369. The molecule has 1 aromatic rings. The average molecular weight is 833 g/mol. The Hall–Kier alpha value is -4.19. The number of rotatable bonds is 10. The molecule has 0 spiro atoms. The molecular weight excluding hydrogens is 772 g/mol. The van der Waals surface area contributed by atoms with Gasteiger partial charge in [0.1, 0.15) is 31.0 Å². The smallest absolute Gasteiger partial charge is 0.333 e. The zero-order valence-corrected chi connectivity index (χ0v) is 34.6. The lowest BCUT2D eigenvalue weighted by atomic mass is 9.96. The number of unbranched alkanes of at least 4 members (excludes halogenated alkanes) is 2. The van der Waals surface area contributed by atoms with Crippen LogP contribution in [0.2, 0.25) is 0 Å². The van der Waals surface area contributed by atoms with Gasteiger partial charge in [-0.1, -0.05) is 69.0 Å². The summed E-state index contributed by atoms with van der Waals surface area (Å²) in [5.41, 5.74) is 0.841. The van der Waals surface area contributed by atoms with Gasteiger partial charge in [0.2, 0.25) is 0 Å². The second-order valence-corrected chi connectivity index (χ2v) is 14.9. The molecule has 0 radical (unpaired) electrons. The van der Waals surface area contributed by atoms with E-state index in [4.69, 9.17) is 42.6 Å². The third kappa shape index (κ3) is 14.8. The van der Waals surface area contributed by atoms with Gasteiger partial charge in [0.05, 0.1) is 31.7 Å². The summed E-state index contributed by atoms with van der Waals surface area (Å²) >= 11 is 0. The van der Waals surface area contributed by atoms with Crippen LogP contribution in [0.5, 0.6) is 0 Å². The lowest BCUT2D eigenvalue weighted by Gasteiger charge is -2.47. The number of allylic oxidation sites excluding steroid dienone is 1. The molecule has 2 bridgehead atoms. The van der Waals surface area contributed by atoms with Gasteiger partial charge in [-0.05, 0) is 58.1 Å². The van der Waals surface area contributed by atoms with E-state index in [0.717, 1.165) is 25.3 Å². The molecule has 3 aliphatic heterocycles. The van der Waals surface area contributed by atoms with Crippen molar-refractivity contribution in [1.82, 2.24) is 0 Å². The highest BCUT2D eigenvalue weighted by Gasteiger charge is 2.55. The second kappa shape index (κ2) is 24.2. The Labute approximate surface area is 345 Å². The molecule has 3 fully saturated rings. The molecule has 1 aromatic carbocycles. The summed E-state index contributed by atoms with van der Waals surface area (Å²) in [6.07, 6.45) is -5.61. The molecular formula is C43H60O16. The Balaban J connectivity index is 1.74. The number of hydrogen-bond donors (Lipinski definition) is 2. The summed E-state index contributed by atoms with van der Waals surface area (Å²) in [4.78, 5) is 64.2. The van der Waals surface area contributed by atoms with Crippen molar-refractivity contribution in [2.24, 2.45) is 0 Å². The largest absolute Gasteiger partial charge is 0.466 e. The molecule has 16 heteroatoms. The van der Waals surface area contributed by atoms with E-state index >= 15 is 0 Å². The van der Waals surface area contributed by atoms with Gasteiger partial charge in [-0.3, -0.25) is 14.4 Å². The van der Waals surface area contributed by atoms with Crippen molar-refractivity contribution in [3.8, 4) is 0 Å². The summed E-state index contributed by atoms with van der Waals surface area (Å²) in [5, 5.41) is 23.7. The maximum atomic E-state index is 13.3. The first-order valence-corrected chi connectivity index (χ1v) is 20.5. The van der Waals surface area contributed by atoms with Crippen molar-refractivity contribution in [3.63, 3.8) is 0 Å². The third-order valence-electron chi connectivity index (χ3n) is 10.3. The van der Waals surface area contributed by atoms with Gasteiger partial charge in [-0.25, -0.2) is 9.59 Å². The highest BCUT2D eigenvalue weighted by atomic mass is 16.8. The van der Waals surface area contributed by atoms with E-state index in [9.17, 15) is 34.2 Å². The van der Waals surface area contributed by atoms with E-state index in [-0.39, 0.29) is 31.1 Å². The van der Waals surface area contributed by atoms with Crippen molar-refractivity contribution < 1.29 is 76.8 Å². The number of aliphatic hydroxyl groups is 2. The number of carbonyl (C=O) groups excluding carboxylic acids is 5.